The third kappa shape index (κ3) is 1.44. The highest BCUT2D eigenvalue weighted by Gasteiger charge is 2.42. The van der Waals surface area contributed by atoms with E-state index in [1.54, 1.807) is 0 Å². The summed E-state index contributed by atoms with van der Waals surface area (Å²) >= 11 is 0. The molecule has 0 bridgehead atoms. The van der Waals surface area contributed by atoms with Crippen LogP contribution in [-0.2, 0) is 6.54 Å². The normalized spacial score (nSPS) is 33.8. The molecule has 96 valence electrons. The van der Waals surface area contributed by atoms with Crippen LogP contribution in [0.2, 0.25) is 0 Å². The number of hydrogen-bond acceptors (Lipinski definition) is 3. The third-order valence-electron chi connectivity index (χ3n) is 4.96. The minimum atomic E-state index is -0.0944. The summed E-state index contributed by atoms with van der Waals surface area (Å²) in [6.45, 7) is 4.14. The number of aliphatic hydroxyl groups is 1. The van der Waals surface area contributed by atoms with Crippen LogP contribution >= 0.6 is 0 Å². The van der Waals surface area contributed by atoms with Gasteiger partial charge in [0.25, 0.3) is 0 Å². The first-order valence-corrected chi connectivity index (χ1v) is 7.10. The molecule has 3 aliphatic rings. The van der Waals surface area contributed by atoms with Crippen LogP contribution in [0.1, 0.15) is 29.9 Å². The van der Waals surface area contributed by atoms with E-state index >= 15 is 0 Å². The van der Waals surface area contributed by atoms with Crippen LogP contribution in [0.15, 0.2) is 18.2 Å². The van der Waals surface area contributed by atoms with E-state index in [2.05, 4.69) is 28.4 Å². The molecule has 2 N–H and O–H groups in total. The Bertz CT molecular complexity index is 474. The summed E-state index contributed by atoms with van der Waals surface area (Å²) in [5.74, 6) is 1.04. The maximum atomic E-state index is 10.2. The van der Waals surface area contributed by atoms with E-state index in [4.69, 9.17) is 0 Å². The number of rotatable bonds is 0. The van der Waals surface area contributed by atoms with Gasteiger partial charge in [0.2, 0.25) is 0 Å². The molecule has 4 rings (SSSR count). The smallest absolute Gasteiger partial charge is 0.0591 e. The lowest BCUT2D eigenvalue weighted by Gasteiger charge is -2.39. The van der Waals surface area contributed by atoms with E-state index in [0.29, 0.717) is 11.8 Å². The number of aliphatic hydroxyl groups excluding tert-OH is 1. The zero-order valence-corrected chi connectivity index (χ0v) is 10.6. The summed E-state index contributed by atoms with van der Waals surface area (Å²) in [6, 6.07) is 6.72. The van der Waals surface area contributed by atoms with Gasteiger partial charge in [0.15, 0.2) is 0 Å². The Hall–Kier alpha value is -1.06. The molecule has 1 fully saturated rings. The number of anilines is 1. The summed E-state index contributed by atoms with van der Waals surface area (Å²) in [5.41, 5.74) is 4.40. The van der Waals surface area contributed by atoms with Crippen molar-refractivity contribution in [3.05, 3.63) is 29.3 Å². The molecule has 1 aliphatic carbocycles. The van der Waals surface area contributed by atoms with Gasteiger partial charge in [0, 0.05) is 37.8 Å². The molecular weight excluding hydrogens is 224 g/mol. The van der Waals surface area contributed by atoms with Gasteiger partial charge in [-0.1, -0.05) is 18.2 Å². The molecule has 1 unspecified atom stereocenters. The molecule has 1 aromatic carbocycles. The minimum Gasteiger partial charge on any atom is -0.393 e. The van der Waals surface area contributed by atoms with Crippen molar-refractivity contribution in [2.24, 2.45) is 5.92 Å². The lowest BCUT2D eigenvalue weighted by molar-refractivity contribution is 0.128. The summed E-state index contributed by atoms with van der Waals surface area (Å²) in [7, 11) is 0. The van der Waals surface area contributed by atoms with E-state index in [9.17, 15) is 5.11 Å². The van der Waals surface area contributed by atoms with Crippen LogP contribution in [0.4, 0.5) is 5.69 Å². The molecule has 3 atom stereocenters. The minimum absolute atomic E-state index is 0.0944. The second-order valence-electron chi connectivity index (χ2n) is 5.89. The SMILES string of the molecule is O[C@@H]1CC[C@@H]2c3cccc4c3N(CCNC4)CC12. The second kappa shape index (κ2) is 3.97. The third-order valence-corrected chi connectivity index (χ3v) is 4.96. The van der Waals surface area contributed by atoms with Crippen molar-refractivity contribution in [1.82, 2.24) is 5.32 Å². The maximum absolute atomic E-state index is 10.2. The van der Waals surface area contributed by atoms with Gasteiger partial charge >= 0.3 is 0 Å². The predicted molar refractivity (Wildman–Crippen MR) is 71.8 cm³/mol. The van der Waals surface area contributed by atoms with Gasteiger partial charge in [-0.2, -0.15) is 0 Å². The van der Waals surface area contributed by atoms with Gasteiger partial charge in [-0.3, -0.25) is 0 Å². The lowest BCUT2D eigenvalue weighted by Crippen LogP contribution is -2.41. The van der Waals surface area contributed by atoms with Crippen molar-refractivity contribution in [2.75, 3.05) is 24.5 Å². The zero-order chi connectivity index (χ0) is 12.1. The number of hydrogen-bond donors (Lipinski definition) is 2. The van der Waals surface area contributed by atoms with Gasteiger partial charge < -0.3 is 15.3 Å². The van der Waals surface area contributed by atoms with Crippen molar-refractivity contribution >= 4 is 5.69 Å². The van der Waals surface area contributed by atoms with E-state index < -0.39 is 0 Å². The van der Waals surface area contributed by atoms with Crippen LogP contribution in [-0.4, -0.2) is 30.8 Å². The highest BCUT2D eigenvalue weighted by atomic mass is 16.3. The Kier molecular flexibility index (Phi) is 2.39. The van der Waals surface area contributed by atoms with Crippen LogP contribution in [0.25, 0.3) is 0 Å². The molecule has 2 aliphatic heterocycles. The van der Waals surface area contributed by atoms with E-state index in [1.165, 1.54) is 16.8 Å². The summed E-state index contributed by atoms with van der Waals surface area (Å²) in [6.07, 6.45) is 2.04. The van der Waals surface area contributed by atoms with Gasteiger partial charge in [-0.05, 0) is 29.9 Å². The number of fused-ring (bicyclic) bond motifs is 2. The number of benzene rings is 1. The number of para-hydroxylation sites is 1. The first-order chi connectivity index (χ1) is 8.84. The lowest BCUT2D eigenvalue weighted by atomic mass is 9.82. The average Bonchev–Trinajstić information content (AvgIpc) is 2.64. The Labute approximate surface area is 108 Å². The molecule has 3 heteroatoms. The fourth-order valence-electron chi connectivity index (χ4n) is 4.11. The van der Waals surface area contributed by atoms with Crippen molar-refractivity contribution in [2.45, 2.75) is 31.4 Å². The zero-order valence-electron chi connectivity index (χ0n) is 10.6. The average molecular weight is 244 g/mol. The molecule has 18 heavy (non-hydrogen) atoms. The quantitative estimate of drug-likeness (QED) is 0.725. The van der Waals surface area contributed by atoms with Crippen molar-refractivity contribution in [3.8, 4) is 0 Å². The van der Waals surface area contributed by atoms with E-state index in [0.717, 1.165) is 39.0 Å². The molecule has 0 amide bonds. The largest absolute Gasteiger partial charge is 0.393 e. The molecule has 3 nitrogen and oxygen atoms in total. The molecule has 2 heterocycles. The Balaban J connectivity index is 1.86. The van der Waals surface area contributed by atoms with Crippen LogP contribution in [0.3, 0.4) is 0 Å². The van der Waals surface area contributed by atoms with Crippen molar-refractivity contribution < 1.29 is 5.11 Å². The first-order valence-electron chi connectivity index (χ1n) is 7.10. The van der Waals surface area contributed by atoms with Crippen LogP contribution < -0.4 is 10.2 Å². The fraction of sp³-hybridized carbons (Fsp3) is 0.600. The summed E-state index contributed by atoms with van der Waals surface area (Å²) in [5, 5.41) is 13.7. The highest BCUT2D eigenvalue weighted by molar-refractivity contribution is 5.64. The van der Waals surface area contributed by atoms with Gasteiger partial charge in [0.1, 0.15) is 0 Å². The first kappa shape index (κ1) is 10.8. The highest BCUT2D eigenvalue weighted by Crippen LogP contribution is 2.48. The standard InChI is InChI=1S/C15H20N2O/c18-14-5-4-11-12-3-1-2-10-8-16-6-7-17(15(10)12)9-13(11)14/h1-3,11,13-14,16,18H,4-9H2/t11-,13?,14-/m1/s1. The van der Waals surface area contributed by atoms with Gasteiger partial charge in [0.05, 0.1) is 6.10 Å². The molecule has 0 saturated heterocycles. The van der Waals surface area contributed by atoms with E-state index in [1.807, 2.05) is 0 Å². The molecule has 1 aromatic rings. The summed E-state index contributed by atoms with van der Waals surface area (Å²) < 4.78 is 0. The number of nitrogens with zero attached hydrogens (tertiary/aromatic N) is 1. The van der Waals surface area contributed by atoms with Gasteiger partial charge in [-0.25, -0.2) is 0 Å². The van der Waals surface area contributed by atoms with Crippen LogP contribution in [0.5, 0.6) is 0 Å². The molecule has 0 aromatic heterocycles. The van der Waals surface area contributed by atoms with Crippen molar-refractivity contribution in [1.29, 1.82) is 0 Å². The summed E-state index contributed by atoms with van der Waals surface area (Å²) in [4.78, 5) is 2.50. The molecule has 0 spiro atoms. The Morgan fingerprint density at radius 1 is 1.28 bits per heavy atom. The number of nitrogens with one attached hydrogen (secondary N) is 1. The molecular formula is C15H20N2O. The maximum Gasteiger partial charge on any atom is 0.0591 e. The Morgan fingerprint density at radius 3 is 3.17 bits per heavy atom. The topological polar surface area (TPSA) is 35.5 Å². The monoisotopic (exact) mass is 244 g/mol. The second-order valence-corrected chi connectivity index (χ2v) is 5.89. The van der Waals surface area contributed by atoms with Gasteiger partial charge in [-0.15, -0.1) is 0 Å². The van der Waals surface area contributed by atoms with Crippen LogP contribution in [0, 0.1) is 5.92 Å². The van der Waals surface area contributed by atoms with E-state index in [-0.39, 0.29) is 6.10 Å². The molecule has 1 saturated carbocycles. The fourth-order valence-corrected chi connectivity index (χ4v) is 4.11. The Morgan fingerprint density at radius 2 is 2.22 bits per heavy atom. The molecule has 0 radical (unpaired) electrons. The van der Waals surface area contributed by atoms with Crippen molar-refractivity contribution in [3.63, 3.8) is 0 Å². The predicted octanol–water partition coefficient (Wildman–Crippen LogP) is 1.46.